The molecule has 3 rings (SSSR count). The zero-order valence-electron chi connectivity index (χ0n) is 14.1. The normalized spacial score (nSPS) is 10.2. The Balaban J connectivity index is 1.47. The lowest BCUT2D eigenvalue weighted by Gasteiger charge is -2.08. The van der Waals surface area contributed by atoms with Gasteiger partial charge in [0.1, 0.15) is 0 Å². The first-order valence-electron chi connectivity index (χ1n) is 8.24. The highest BCUT2D eigenvalue weighted by Gasteiger charge is 2.07. The molecule has 5 nitrogen and oxygen atoms in total. The highest BCUT2D eigenvalue weighted by molar-refractivity contribution is 7.09. The number of urea groups is 1. The van der Waals surface area contributed by atoms with E-state index >= 15 is 0 Å². The van der Waals surface area contributed by atoms with Crippen molar-refractivity contribution in [3.05, 3.63) is 82.6 Å². The molecule has 0 spiro atoms. The smallest absolute Gasteiger partial charge is 0.319 e. The maximum absolute atomic E-state index is 12.2. The molecule has 3 aromatic rings. The summed E-state index contributed by atoms with van der Waals surface area (Å²) in [6.45, 7) is 0.573. The van der Waals surface area contributed by atoms with E-state index in [1.165, 1.54) is 4.88 Å². The molecule has 3 N–H and O–H groups in total. The van der Waals surface area contributed by atoms with Crippen LogP contribution in [0.3, 0.4) is 0 Å². The lowest BCUT2D eigenvalue weighted by atomic mass is 10.2. The van der Waals surface area contributed by atoms with Crippen molar-refractivity contribution in [2.24, 2.45) is 0 Å². The lowest BCUT2D eigenvalue weighted by Crippen LogP contribution is -2.30. The number of amides is 3. The monoisotopic (exact) mass is 365 g/mol. The van der Waals surface area contributed by atoms with Crippen molar-refractivity contribution in [2.45, 2.75) is 6.42 Å². The van der Waals surface area contributed by atoms with Gasteiger partial charge in [0.25, 0.3) is 5.91 Å². The third kappa shape index (κ3) is 5.19. The predicted octanol–water partition coefficient (Wildman–Crippen LogP) is 4.36. The van der Waals surface area contributed by atoms with Gasteiger partial charge < -0.3 is 16.0 Å². The number of nitrogens with one attached hydrogen (secondary N) is 3. The third-order valence-corrected chi connectivity index (χ3v) is 4.61. The van der Waals surface area contributed by atoms with Gasteiger partial charge in [-0.3, -0.25) is 4.79 Å². The average Bonchev–Trinajstić information content (AvgIpc) is 3.16. The average molecular weight is 365 g/mol. The summed E-state index contributed by atoms with van der Waals surface area (Å²) in [4.78, 5) is 25.3. The van der Waals surface area contributed by atoms with Crippen LogP contribution >= 0.6 is 11.3 Å². The minimum atomic E-state index is -0.261. The van der Waals surface area contributed by atoms with Crippen LogP contribution in [-0.4, -0.2) is 18.5 Å². The van der Waals surface area contributed by atoms with Crippen LogP contribution in [0.1, 0.15) is 15.2 Å². The second-order valence-electron chi connectivity index (χ2n) is 5.61. The van der Waals surface area contributed by atoms with E-state index in [1.54, 1.807) is 35.6 Å². The SMILES string of the molecule is O=C(NCCc1cccs1)Nc1ccc(C(=O)Nc2ccccc2)cc1. The molecule has 1 aromatic heterocycles. The summed E-state index contributed by atoms with van der Waals surface area (Å²) in [6, 6.07) is 19.8. The standard InChI is InChI=1S/C20H19N3O2S/c24-19(22-16-5-2-1-3-6-16)15-8-10-17(11-9-15)23-20(25)21-13-12-18-7-4-14-26-18/h1-11,14H,12-13H2,(H,22,24)(H2,21,23,25). The van der Waals surface area contributed by atoms with E-state index in [4.69, 9.17) is 0 Å². The van der Waals surface area contributed by atoms with Crippen LogP contribution in [0.15, 0.2) is 72.1 Å². The number of rotatable bonds is 6. The molecular formula is C20H19N3O2S. The van der Waals surface area contributed by atoms with Gasteiger partial charge in [0.05, 0.1) is 0 Å². The Labute approximate surface area is 156 Å². The van der Waals surface area contributed by atoms with E-state index in [-0.39, 0.29) is 11.9 Å². The Kier molecular flexibility index (Phi) is 6.01. The second kappa shape index (κ2) is 8.82. The summed E-state index contributed by atoms with van der Waals surface area (Å²) in [7, 11) is 0. The molecule has 0 aliphatic rings. The molecule has 2 aromatic carbocycles. The molecule has 26 heavy (non-hydrogen) atoms. The van der Waals surface area contributed by atoms with Crippen LogP contribution in [0.25, 0.3) is 0 Å². The topological polar surface area (TPSA) is 70.2 Å². The van der Waals surface area contributed by atoms with Crippen molar-refractivity contribution < 1.29 is 9.59 Å². The van der Waals surface area contributed by atoms with Crippen molar-refractivity contribution in [2.75, 3.05) is 17.2 Å². The molecule has 0 bridgehead atoms. The van der Waals surface area contributed by atoms with Gasteiger partial charge in [-0.2, -0.15) is 0 Å². The summed E-state index contributed by atoms with van der Waals surface area (Å²) >= 11 is 1.67. The number of carbonyl (C=O) groups excluding carboxylic acids is 2. The first-order chi connectivity index (χ1) is 12.7. The van der Waals surface area contributed by atoms with Crippen molar-refractivity contribution in [3.8, 4) is 0 Å². The molecule has 132 valence electrons. The number of hydrogen-bond acceptors (Lipinski definition) is 3. The molecule has 0 saturated heterocycles. The highest BCUT2D eigenvalue weighted by atomic mass is 32.1. The highest BCUT2D eigenvalue weighted by Crippen LogP contribution is 2.13. The van der Waals surface area contributed by atoms with Crippen LogP contribution in [0.2, 0.25) is 0 Å². The van der Waals surface area contributed by atoms with E-state index < -0.39 is 0 Å². The molecule has 0 saturated carbocycles. The van der Waals surface area contributed by atoms with Gasteiger partial charge in [-0.15, -0.1) is 11.3 Å². The fraction of sp³-hybridized carbons (Fsp3) is 0.100. The zero-order chi connectivity index (χ0) is 18.2. The van der Waals surface area contributed by atoms with E-state index in [1.807, 2.05) is 47.8 Å². The molecule has 3 amide bonds. The van der Waals surface area contributed by atoms with E-state index in [0.29, 0.717) is 17.8 Å². The van der Waals surface area contributed by atoms with E-state index in [0.717, 1.165) is 12.1 Å². The number of thiophene rings is 1. The Morgan fingerprint density at radius 1 is 0.808 bits per heavy atom. The second-order valence-corrected chi connectivity index (χ2v) is 6.64. The summed E-state index contributed by atoms with van der Waals surface area (Å²) in [6.07, 6.45) is 0.809. The fourth-order valence-corrected chi connectivity index (χ4v) is 3.07. The van der Waals surface area contributed by atoms with Gasteiger partial charge in [0, 0.05) is 28.4 Å². The Bertz CT molecular complexity index is 847. The first kappa shape index (κ1) is 17.7. The molecule has 1 heterocycles. The van der Waals surface area contributed by atoms with E-state index in [9.17, 15) is 9.59 Å². The van der Waals surface area contributed by atoms with E-state index in [2.05, 4.69) is 16.0 Å². The summed E-state index contributed by atoms with van der Waals surface area (Å²) in [5, 5.41) is 10.4. The molecular weight excluding hydrogens is 346 g/mol. The van der Waals surface area contributed by atoms with Crippen LogP contribution in [0.4, 0.5) is 16.2 Å². The lowest BCUT2D eigenvalue weighted by molar-refractivity contribution is 0.102. The molecule has 0 fully saturated rings. The van der Waals surface area contributed by atoms with Gasteiger partial charge in [-0.25, -0.2) is 4.79 Å². The Hall–Kier alpha value is -3.12. The van der Waals surface area contributed by atoms with Gasteiger partial charge in [0.2, 0.25) is 0 Å². The molecule has 0 radical (unpaired) electrons. The minimum Gasteiger partial charge on any atom is -0.338 e. The van der Waals surface area contributed by atoms with Crippen LogP contribution in [0, 0.1) is 0 Å². The number of benzene rings is 2. The van der Waals surface area contributed by atoms with Crippen LogP contribution < -0.4 is 16.0 Å². The maximum atomic E-state index is 12.2. The number of carbonyl (C=O) groups is 2. The summed E-state index contributed by atoms with van der Waals surface area (Å²) in [5.74, 6) is -0.192. The van der Waals surface area contributed by atoms with Gasteiger partial charge >= 0.3 is 6.03 Å². The van der Waals surface area contributed by atoms with Crippen molar-refractivity contribution >= 4 is 34.6 Å². The van der Waals surface area contributed by atoms with Gasteiger partial charge in [-0.05, 0) is 54.3 Å². The zero-order valence-corrected chi connectivity index (χ0v) is 14.9. The summed E-state index contributed by atoms with van der Waals surface area (Å²) in [5.41, 5.74) is 1.90. The molecule has 0 atom stereocenters. The van der Waals surface area contributed by atoms with Crippen LogP contribution in [0.5, 0.6) is 0 Å². The quantitative estimate of drug-likeness (QED) is 0.607. The third-order valence-electron chi connectivity index (χ3n) is 3.67. The number of anilines is 2. The maximum Gasteiger partial charge on any atom is 0.319 e. The molecule has 0 aliphatic carbocycles. The van der Waals surface area contributed by atoms with Gasteiger partial charge in [0.15, 0.2) is 0 Å². The molecule has 6 heteroatoms. The first-order valence-corrected chi connectivity index (χ1v) is 9.12. The van der Waals surface area contributed by atoms with Crippen LogP contribution in [-0.2, 0) is 6.42 Å². The number of hydrogen-bond donors (Lipinski definition) is 3. The molecule has 0 aliphatic heterocycles. The Morgan fingerprint density at radius 3 is 2.23 bits per heavy atom. The minimum absolute atomic E-state index is 0.192. The summed E-state index contributed by atoms with van der Waals surface area (Å²) < 4.78 is 0. The van der Waals surface area contributed by atoms with Gasteiger partial charge in [-0.1, -0.05) is 24.3 Å². The van der Waals surface area contributed by atoms with Crippen molar-refractivity contribution in [3.63, 3.8) is 0 Å². The largest absolute Gasteiger partial charge is 0.338 e. The Morgan fingerprint density at radius 2 is 1.54 bits per heavy atom. The van der Waals surface area contributed by atoms with Crippen molar-refractivity contribution in [1.29, 1.82) is 0 Å². The van der Waals surface area contributed by atoms with Crippen molar-refractivity contribution in [1.82, 2.24) is 5.32 Å². The molecule has 0 unspecified atom stereocenters. The number of para-hydroxylation sites is 1. The predicted molar refractivity (Wildman–Crippen MR) is 106 cm³/mol. The fourth-order valence-electron chi connectivity index (χ4n) is 2.36.